The van der Waals surface area contributed by atoms with Gasteiger partial charge in [0.05, 0.1) is 4.92 Å². The number of nitrogens with one attached hydrogen (secondary N) is 1. The number of benzene rings is 1. The van der Waals surface area contributed by atoms with Crippen LogP contribution in [0, 0.1) is 10.1 Å². The second kappa shape index (κ2) is 5.67. The summed E-state index contributed by atoms with van der Waals surface area (Å²) in [6, 6.07) is 6.46. The number of thiol groups is 1. The van der Waals surface area contributed by atoms with Crippen LogP contribution in [0.5, 0.6) is 0 Å². The second-order valence-corrected chi connectivity index (χ2v) is 4.06. The number of rotatable bonds is 4. The molecule has 0 saturated carbocycles. The van der Waals surface area contributed by atoms with Gasteiger partial charge in [-0.25, -0.2) is 0 Å². The highest BCUT2D eigenvalue weighted by Gasteiger charge is 2.03. The number of non-ortho nitro benzene ring substituents is 1. The van der Waals surface area contributed by atoms with E-state index in [2.05, 4.69) is 17.9 Å². The smallest absolute Gasteiger partial charge is 0.269 e. The lowest BCUT2D eigenvalue weighted by atomic mass is 10.1. The lowest BCUT2D eigenvalue weighted by Crippen LogP contribution is -2.19. The van der Waals surface area contributed by atoms with Gasteiger partial charge in [0, 0.05) is 18.7 Å². The topological polar surface area (TPSA) is 55.2 Å². The van der Waals surface area contributed by atoms with Gasteiger partial charge in [-0.2, -0.15) is 0 Å². The molecule has 80 valence electrons. The second-order valence-electron chi connectivity index (χ2n) is 2.91. The van der Waals surface area contributed by atoms with E-state index in [1.54, 1.807) is 12.1 Å². The molecule has 0 fully saturated rings. The van der Waals surface area contributed by atoms with Crippen molar-refractivity contribution in [2.75, 3.05) is 6.54 Å². The van der Waals surface area contributed by atoms with E-state index in [9.17, 15) is 10.1 Å². The van der Waals surface area contributed by atoms with Crippen LogP contribution in [0.3, 0.4) is 0 Å². The van der Waals surface area contributed by atoms with Gasteiger partial charge in [-0.15, -0.1) is 12.6 Å². The van der Waals surface area contributed by atoms with Gasteiger partial charge in [0.25, 0.3) is 5.69 Å². The van der Waals surface area contributed by atoms with E-state index in [1.165, 1.54) is 12.1 Å². The van der Waals surface area contributed by atoms with Crippen LogP contribution in [0.25, 0.3) is 0 Å². The van der Waals surface area contributed by atoms with Crippen molar-refractivity contribution < 1.29 is 4.92 Å². The van der Waals surface area contributed by atoms with Crippen molar-refractivity contribution >= 4 is 34.9 Å². The van der Waals surface area contributed by atoms with Crippen molar-refractivity contribution in [3.8, 4) is 0 Å². The lowest BCUT2D eigenvalue weighted by molar-refractivity contribution is -0.384. The maximum Gasteiger partial charge on any atom is 0.269 e. The zero-order chi connectivity index (χ0) is 11.3. The Morgan fingerprint density at radius 1 is 1.47 bits per heavy atom. The van der Waals surface area contributed by atoms with E-state index < -0.39 is 4.92 Å². The Morgan fingerprint density at radius 3 is 2.53 bits per heavy atom. The van der Waals surface area contributed by atoms with Crippen molar-refractivity contribution in [1.29, 1.82) is 0 Å². The summed E-state index contributed by atoms with van der Waals surface area (Å²) in [5.74, 6) is 0. The molecule has 0 aliphatic rings. The molecule has 0 unspecified atom stereocenters. The van der Waals surface area contributed by atoms with Crippen molar-refractivity contribution in [3.63, 3.8) is 0 Å². The Kier molecular flexibility index (Phi) is 4.51. The van der Waals surface area contributed by atoms with Gasteiger partial charge >= 0.3 is 0 Å². The average molecular weight is 242 g/mol. The fourth-order valence-electron chi connectivity index (χ4n) is 1.10. The third kappa shape index (κ3) is 4.26. The minimum atomic E-state index is -0.412. The monoisotopic (exact) mass is 242 g/mol. The number of nitrogens with zero attached hydrogens (tertiary/aromatic N) is 1. The predicted molar refractivity (Wildman–Crippen MR) is 66.4 cm³/mol. The molecule has 0 aromatic heterocycles. The summed E-state index contributed by atoms with van der Waals surface area (Å²) >= 11 is 8.65. The third-order valence-corrected chi connectivity index (χ3v) is 2.14. The van der Waals surface area contributed by atoms with Crippen molar-refractivity contribution in [1.82, 2.24) is 5.32 Å². The first-order chi connectivity index (χ1) is 7.09. The van der Waals surface area contributed by atoms with E-state index in [1.807, 2.05) is 0 Å². The summed E-state index contributed by atoms with van der Waals surface area (Å²) in [5.41, 5.74) is 1.13. The highest BCUT2D eigenvalue weighted by Crippen LogP contribution is 2.11. The molecule has 6 heteroatoms. The molecule has 15 heavy (non-hydrogen) atoms. The fourth-order valence-corrected chi connectivity index (χ4v) is 1.31. The highest BCUT2D eigenvalue weighted by atomic mass is 32.1. The van der Waals surface area contributed by atoms with Gasteiger partial charge in [-0.3, -0.25) is 10.1 Å². The van der Waals surface area contributed by atoms with Crippen LogP contribution in [0.4, 0.5) is 5.69 Å². The summed E-state index contributed by atoms with van der Waals surface area (Å²) in [6.45, 7) is 0.681. The molecular weight excluding hydrogens is 232 g/mol. The van der Waals surface area contributed by atoms with Crippen LogP contribution in [0.2, 0.25) is 0 Å². The first-order valence-corrected chi connectivity index (χ1v) is 5.15. The van der Waals surface area contributed by atoms with E-state index in [-0.39, 0.29) is 5.69 Å². The summed E-state index contributed by atoms with van der Waals surface area (Å²) in [6.07, 6.45) is 0.763. The lowest BCUT2D eigenvalue weighted by Gasteiger charge is -2.02. The number of nitro groups is 1. The summed E-state index contributed by atoms with van der Waals surface area (Å²) in [4.78, 5) is 9.97. The molecule has 1 N–H and O–H groups in total. The standard InChI is InChI=1S/C9H10N2O2S2/c12-11(13)8-3-1-7(2-4-8)5-6-10-9(14)15/h1-4H,5-6H2,(H2,10,14,15). The van der Waals surface area contributed by atoms with E-state index in [0.717, 1.165) is 12.0 Å². The molecule has 1 rings (SSSR count). The van der Waals surface area contributed by atoms with Gasteiger partial charge in [-0.05, 0) is 12.0 Å². The maximum absolute atomic E-state index is 10.4. The van der Waals surface area contributed by atoms with Crippen LogP contribution in [-0.2, 0) is 6.42 Å². The molecule has 0 heterocycles. The quantitative estimate of drug-likeness (QED) is 0.367. The Bertz CT molecular complexity index is 365. The van der Waals surface area contributed by atoms with Gasteiger partial charge in [0.1, 0.15) is 4.32 Å². The minimum absolute atomic E-state index is 0.108. The molecule has 0 saturated heterocycles. The van der Waals surface area contributed by atoms with Gasteiger partial charge in [0.2, 0.25) is 0 Å². The van der Waals surface area contributed by atoms with E-state index >= 15 is 0 Å². The molecule has 0 spiro atoms. The predicted octanol–water partition coefficient (Wildman–Crippen LogP) is 1.94. The Balaban J connectivity index is 2.50. The summed E-state index contributed by atoms with van der Waals surface area (Å²) in [7, 11) is 0. The molecule has 0 radical (unpaired) electrons. The number of thiocarbonyl (C=S) groups is 1. The zero-order valence-corrected chi connectivity index (χ0v) is 9.55. The first kappa shape index (κ1) is 11.9. The summed E-state index contributed by atoms with van der Waals surface area (Å²) in [5, 5.41) is 13.3. The van der Waals surface area contributed by atoms with Crippen LogP contribution in [-0.4, -0.2) is 15.8 Å². The maximum atomic E-state index is 10.4. The summed E-state index contributed by atoms with van der Waals surface area (Å²) < 4.78 is 0.455. The Morgan fingerprint density at radius 2 is 2.07 bits per heavy atom. The van der Waals surface area contributed by atoms with Gasteiger partial charge in [0.15, 0.2) is 0 Å². The van der Waals surface area contributed by atoms with Gasteiger partial charge in [-0.1, -0.05) is 24.4 Å². The molecule has 0 bridgehead atoms. The molecule has 4 nitrogen and oxygen atoms in total. The Labute approximate surface area is 98.2 Å². The number of nitro benzene ring substituents is 1. The largest absolute Gasteiger partial charge is 0.371 e. The number of hydrogen-bond acceptors (Lipinski definition) is 3. The molecule has 1 aromatic rings. The number of hydrogen-bond donors (Lipinski definition) is 2. The van der Waals surface area contributed by atoms with E-state index in [4.69, 9.17) is 12.2 Å². The van der Waals surface area contributed by atoms with Crippen molar-refractivity contribution in [2.45, 2.75) is 6.42 Å². The van der Waals surface area contributed by atoms with Crippen molar-refractivity contribution in [2.24, 2.45) is 0 Å². The van der Waals surface area contributed by atoms with Crippen LogP contribution in [0.1, 0.15) is 5.56 Å². The van der Waals surface area contributed by atoms with Gasteiger partial charge < -0.3 is 5.32 Å². The van der Waals surface area contributed by atoms with Crippen LogP contribution in [0.15, 0.2) is 24.3 Å². The van der Waals surface area contributed by atoms with Crippen molar-refractivity contribution in [3.05, 3.63) is 39.9 Å². The van der Waals surface area contributed by atoms with E-state index in [0.29, 0.717) is 10.9 Å². The van der Waals surface area contributed by atoms with Crippen LogP contribution < -0.4 is 5.32 Å². The zero-order valence-electron chi connectivity index (χ0n) is 7.84. The molecule has 0 amide bonds. The highest BCUT2D eigenvalue weighted by molar-refractivity contribution is 8.11. The molecule has 0 aliphatic carbocycles. The van der Waals surface area contributed by atoms with Crippen LogP contribution >= 0.6 is 24.8 Å². The third-order valence-electron chi connectivity index (χ3n) is 1.84. The SMILES string of the molecule is O=[N+]([O-])c1ccc(CCNC(=S)S)cc1. The first-order valence-electron chi connectivity index (χ1n) is 4.29. The minimum Gasteiger partial charge on any atom is -0.371 e. The average Bonchev–Trinajstić information content (AvgIpc) is 2.18. The Hall–Kier alpha value is -1.14. The fraction of sp³-hybridized carbons (Fsp3) is 0.222. The normalized spacial score (nSPS) is 9.67. The molecule has 0 atom stereocenters. The molecule has 0 aliphatic heterocycles. The molecule has 1 aromatic carbocycles. The molecular formula is C9H10N2O2S2.